The molecule has 0 aliphatic heterocycles. The number of anilines is 1. The molecule has 1 heterocycles. The van der Waals surface area contributed by atoms with Crippen LogP contribution in [0.1, 0.15) is 10.4 Å². The highest BCUT2D eigenvalue weighted by atomic mass is 35.5. The van der Waals surface area contributed by atoms with Crippen LogP contribution in [0.2, 0.25) is 5.02 Å². The van der Waals surface area contributed by atoms with Gasteiger partial charge in [-0.1, -0.05) is 17.7 Å². The highest BCUT2D eigenvalue weighted by Gasteiger charge is 2.13. The monoisotopic (exact) mass is 467 g/mol. The molecule has 32 heavy (non-hydrogen) atoms. The third-order valence-corrected chi connectivity index (χ3v) is 5.03. The molecule has 2 N–H and O–H groups in total. The zero-order valence-electron chi connectivity index (χ0n) is 17.1. The number of amides is 1. The third-order valence-electron chi connectivity index (χ3n) is 4.59. The number of nitrogens with one attached hydrogen (secondary N) is 2. The fourth-order valence-corrected chi connectivity index (χ4v) is 3.47. The van der Waals surface area contributed by atoms with E-state index in [1.165, 1.54) is 14.2 Å². The van der Waals surface area contributed by atoms with E-state index < -0.39 is 0 Å². The zero-order valence-corrected chi connectivity index (χ0v) is 18.7. The number of fused-ring (bicyclic) bond motifs is 1. The Morgan fingerprint density at radius 3 is 2.59 bits per heavy atom. The van der Waals surface area contributed by atoms with Gasteiger partial charge in [0.15, 0.2) is 22.2 Å². The summed E-state index contributed by atoms with van der Waals surface area (Å²) in [6, 6.07) is 17.5. The van der Waals surface area contributed by atoms with Crippen LogP contribution in [0.4, 0.5) is 5.69 Å². The highest BCUT2D eigenvalue weighted by molar-refractivity contribution is 7.80. The van der Waals surface area contributed by atoms with Gasteiger partial charge in [0.25, 0.3) is 5.91 Å². The van der Waals surface area contributed by atoms with Crippen LogP contribution < -0.4 is 20.1 Å². The van der Waals surface area contributed by atoms with Crippen LogP contribution in [-0.2, 0) is 0 Å². The second kappa shape index (κ2) is 9.25. The molecule has 0 aliphatic rings. The zero-order chi connectivity index (χ0) is 22.7. The molecule has 0 bridgehead atoms. The summed E-state index contributed by atoms with van der Waals surface area (Å²) in [6.07, 6.45) is 0. The van der Waals surface area contributed by atoms with Crippen molar-refractivity contribution in [1.82, 2.24) is 10.3 Å². The lowest BCUT2D eigenvalue weighted by molar-refractivity contribution is 0.0977. The molecule has 4 aromatic rings. The number of halogens is 1. The van der Waals surface area contributed by atoms with Crippen molar-refractivity contribution in [3.8, 4) is 23.0 Å². The average Bonchev–Trinajstić information content (AvgIpc) is 3.22. The molecule has 7 nitrogen and oxygen atoms in total. The van der Waals surface area contributed by atoms with E-state index in [1.54, 1.807) is 48.5 Å². The molecular formula is C23H18ClN3O4S. The van der Waals surface area contributed by atoms with Crippen molar-refractivity contribution < 1.29 is 18.7 Å². The van der Waals surface area contributed by atoms with Crippen molar-refractivity contribution >= 4 is 51.6 Å². The molecule has 1 amide bonds. The van der Waals surface area contributed by atoms with Crippen molar-refractivity contribution in [3.05, 3.63) is 71.2 Å². The first kappa shape index (κ1) is 21.6. The Morgan fingerprint density at radius 1 is 1.03 bits per heavy atom. The number of carbonyl (C=O) groups excluding carboxylic acids is 1. The van der Waals surface area contributed by atoms with E-state index in [1.807, 2.05) is 12.1 Å². The molecule has 9 heteroatoms. The Balaban J connectivity index is 1.47. The number of benzene rings is 3. The normalized spacial score (nSPS) is 10.6. The third kappa shape index (κ3) is 4.66. The lowest BCUT2D eigenvalue weighted by Crippen LogP contribution is -2.34. The minimum Gasteiger partial charge on any atom is -0.493 e. The maximum absolute atomic E-state index is 12.5. The standard InChI is InChI=1S/C23H18ClN3O4S/c1-29-19-8-6-13(11-20(19)30-2)21(28)27-23(32)25-16-7-9-18-17(12-16)26-22(31-18)14-4-3-5-15(24)10-14/h3-12H,1-2H3,(H2,25,27,28,32). The predicted octanol–water partition coefficient (Wildman–Crippen LogP) is 5.29. The Hall–Kier alpha value is -3.62. The van der Waals surface area contributed by atoms with E-state index in [0.717, 1.165) is 5.56 Å². The van der Waals surface area contributed by atoms with Crippen LogP contribution in [0.3, 0.4) is 0 Å². The van der Waals surface area contributed by atoms with Gasteiger partial charge >= 0.3 is 0 Å². The van der Waals surface area contributed by atoms with Gasteiger partial charge in [0, 0.05) is 21.8 Å². The van der Waals surface area contributed by atoms with Gasteiger partial charge in [-0.05, 0) is 66.8 Å². The van der Waals surface area contributed by atoms with E-state index in [2.05, 4.69) is 15.6 Å². The fraction of sp³-hybridized carbons (Fsp3) is 0.0870. The van der Waals surface area contributed by atoms with E-state index in [4.69, 9.17) is 37.7 Å². The minimum absolute atomic E-state index is 0.141. The molecule has 0 radical (unpaired) electrons. The van der Waals surface area contributed by atoms with Crippen molar-refractivity contribution in [2.75, 3.05) is 19.5 Å². The maximum atomic E-state index is 12.5. The maximum Gasteiger partial charge on any atom is 0.257 e. The lowest BCUT2D eigenvalue weighted by atomic mass is 10.2. The van der Waals surface area contributed by atoms with Crippen LogP contribution in [0.25, 0.3) is 22.6 Å². The first-order chi connectivity index (χ1) is 15.5. The van der Waals surface area contributed by atoms with Crippen LogP contribution in [0.15, 0.2) is 65.1 Å². The Kier molecular flexibility index (Phi) is 6.25. The summed E-state index contributed by atoms with van der Waals surface area (Å²) in [6.45, 7) is 0. The van der Waals surface area contributed by atoms with E-state index in [-0.39, 0.29) is 11.0 Å². The number of rotatable bonds is 5. The summed E-state index contributed by atoms with van der Waals surface area (Å²) < 4.78 is 16.2. The van der Waals surface area contributed by atoms with Crippen molar-refractivity contribution in [3.63, 3.8) is 0 Å². The van der Waals surface area contributed by atoms with Gasteiger partial charge in [-0.3, -0.25) is 10.1 Å². The van der Waals surface area contributed by atoms with E-state index in [0.29, 0.717) is 44.8 Å². The molecule has 0 spiro atoms. The first-order valence-electron chi connectivity index (χ1n) is 9.47. The smallest absolute Gasteiger partial charge is 0.257 e. The molecule has 4 rings (SSSR count). The largest absolute Gasteiger partial charge is 0.493 e. The number of hydrogen-bond acceptors (Lipinski definition) is 6. The molecule has 0 aliphatic carbocycles. The quantitative estimate of drug-likeness (QED) is 0.385. The summed E-state index contributed by atoms with van der Waals surface area (Å²) >= 11 is 11.3. The van der Waals surface area contributed by atoms with Gasteiger partial charge < -0.3 is 19.2 Å². The van der Waals surface area contributed by atoms with Crippen molar-refractivity contribution in [1.29, 1.82) is 0 Å². The first-order valence-corrected chi connectivity index (χ1v) is 10.3. The van der Waals surface area contributed by atoms with Gasteiger partial charge in [0.2, 0.25) is 5.89 Å². The predicted molar refractivity (Wildman–Crippen MR) is 128 cm³/mol. The molecule has 0 fully saturated rings. The molecule has 0 saturated heterocycles. The Labute approximate surface area is 194 Å². The van der Waals surface area contributed by atoms with Crippen molar-refractivity contribution in [2.45, 2.75) is 0 Å². The van der Waals surface area contributed by atoms with E-state index in [9.17, 15) is 4.79 Å². The van der Waals surface area contributed by atoms with Gasteiger partial charge in [0.05, 0.1) is 14.2 Å². The average molecular weight is 468 g/mol. The van der Waals surface area contributed by atoms with E-state index >= 15 is 0 Å². The second-order valence-corrected chi connectivity index (χ2v) is 7.53. The number of hydrogen-bond donors (Lipinski definition) is 2. The topological polar surface area (TPSA) is 85.6 Å². The van der Waals surface area contributed by atoms with Gasteiger partial charge in [-0.25, -0.2) is 4.98 Å². The molecule has 3 aromatic carbocycles. The number of ether oxygens (including phenoxy) is 2. The number of thiocarbonyl (C=S) groups is 1. The summed E-state index contributed by atoms with van der Waals surface area (Å²) in [7, 11) is 3.03. The fourth-order valence-electron chi connectivity index (χ4n) is 3.07. The highest BCUT2D eigenvalue weighted by Crippen LogP contribution is 2.28. The van der Waals surface area contributed by atoms with Crippen molar-refractivity contribution in [2.24, 2.45) is 0 Å². The molecule has 0 saturated carbocycles. The number of methoxy groups -OCH3 is 2. The van der Waals surface area contributed by atoms with Crippen LogP contribution >= 0.6 is 23.8 Å². The van der Waals surface area contributed by atoms with Gasteiger partial charge in [0.1, 0.15) is 5.52 Å². The number of aromatic nitrogens is 1. The Morgan fingerprint density at radius 2 is 1.84 bits per heavy atom. The van der Waals surface area contributed by atoms with Crippen LogP contribution in [-0.4, -0.2) is 30.2 Å². The molecule has 0 atom stereocenters. The molecule has 1 aromatic heterocycles. The second-order valence-electron chi connectivity index (χ2n) is 6.69. The SMILES string of the molecule is COc1ccc(C(=O)NC(=S)Nc2ccc3oc(-c4cccc(Cl)c4)nc3c2)cc1OC. The number of carbonyl (C=O) groups is 1. The lowest BCUT2D eigenvalue weighted by Gasteiger charge is -2.11. The van der Waals surface area contributed by atoms with Crippen LogP contribution in [0.5, 0.6) is 11.5 Å². The minimum atomic E-state index is -0.380. The summed E-state index contributed by atoms with van der Waals surface area (Å²) in [5.74, 6) is 1.06. The molecular weight excluding hydrogens is 450 g/mol. The Bertz CT molecular complexity index is 1320. The van der Waals surface area contributed by atoms with Crippen LogP contribution in [0, 0.1) is 0 Å². The molecule has 0 unspecified atom stereocenters. The summed E-state index contributed by atoms with van der Waals surface area (Å²) in [4.78, 5) is 17.1. The number of oxazole rings is 1. The summed E-state index contributed by atoms with van der Waals surface area (Å²) in [5.41, 5.74) is 3.07. The molecule has 162 valence electrons. The summed E-state index contributed by atoms with van der Waals surface area (Å²) in [5, 5.41) is 6.37. The van der Waals surface area contributed by atoms with Gasteiger partial charge in [-0.2, -0.15) is 0 Å². The van der Waals surface area contributed by atoms with Gasteiger partial charge in [-0.15, -0.1) is 0 Å². The number of nitrogens with zero attached hydrogens (tertiary/aromatic N) is 1.